The van der Waals surface area contributed by atoms with Crippen LogP contribution in [0, 0.1) is 13.8 Å². The van der Waals surface area contributed by atoms with Gasteiger partial charge in [0.1, 0.15) is 0 Å². The molecule has 3 aromatic rings. The first kappa shape index (κ1) is 15.3. The standard InChI is InChI=1S/C18H15ClN2O2/c1-11-6-7-15(8-12(11)2)21-18(22)16-17(23-10-20-16)13-4-3-5-14(19)9-13/h3-10H,1-2H3,(H,21,22). The van der Waals surface area contributed by atoms with E-state index in [0.717, 1.165) is 11.3 Å². The van der Waals surface area contributed by atoms with Gasteiger partial charge in [-0.15, -0.1) is 0 Å². The highest BCUT2D eigenvalue weighted by Gasteiger charge is 2.18. The molecule has 0 aliphatic heterocycles. The lowest BCUT2D eigenvalue weighted by Gasteiger charge is -2.07. The van der Waals surface area contributed by atoms with Crippen LogP contribution in [0.2, 0.25) is 5.02 Å². The van der Waals surface area contributed by atoms with Crippen molar-refractivity contribution in [2.24, 2.45) is 0 Å². The molecule has 4 nitrogen and oxygen atoms in total. The maximum absolute atomic E-state index is 12.5. The monoisotopic (exact) mass is 326 g/mol. The third-order valence-corrected chi connectivity index (χ3v) is 3.87. The molecule has 0 unspecified atom stereocenters. The van der Waals surface area contributed by atoms with Gasteiger partial charge in [-0.25, -0.2) is 4.98 Å². The Morgan fingerprint density at radius 1 is 1.13 bits per heavy atom. The number of hydrogen-bond acceptors (Lipinski definition) is 3. The zero-order chi connectivity index (χ0) is 16.4. The van der Waals surface area contributed by atoms with Crippen LogP contribution in [0.3, 0.4) is 0 Å². The lowest BCUT2D eigenvalue weighted by Crippen LogP contribution is -2.13. The van der Waals surface area contributed by atoms with Gasteiger partial charge in [0, 0.05) is 16.3 Å². The second-order valence-corrected chi connectivity index (χ2v) is 5.73. The average Bonchev–Trinajstić information content (AvgIpc) is 3.00. The van der Waals surface area contributed by atoms with Crippen molar-refractivity contribution in [1.82, 2.24) is 4.98 Å². The van der Waals surface area contributed by atoms with Crippen molar-refractivity contribution in [3.8, 4) is 11.3 Å². The Balaban J connectivity index is 1.89. The number of nitrogens with one attached hydrogen (secondary N) is 1. The number of amides is 1. The Kier molecular flexibility index (Phi) is 4.17. The zero-order valence-corrected chi connectivity index (χ0v) is 13.5. The van der Waals surface area contributed by atoms with Gasteiger partial charge in [0.05, 0.1) is 0 Å². The molecule has 0 saturated carbocycles. The average molecular weight is 327 g/mol. The molecular formula is C18H15ClN2O2. The van der Waals surface area contributed by atoms with Crippen LogP contribution in [0.15, 0.2) is 53.3 Å². The lowest BCUT2D eigenvalue weighted by molar-refractivity contribution is 0.102. The molecular weight excluding hydrogens is 312 g/mol. The number of benzene rings is 2. The third-order valence-electron chi connectivity index (χ3n) is 3.63. The molecule has 0 saturated heterocycles. The number of nitrogens with zero attached hydrogens (tertiary/aromatic N) is 1. The molecule has 0 fully saturated rings. The molecule has 0 radical (unpaired) electrons. The Hall–Kier alpha value is -2.59. The summed E-state index contributed by atoms with van der Waals surface area (Å²) in [6, 6.07) is 12.9. The molecule has 1 aromatic heterocycles. The molecule has 0 spiro atoms. The molecule has 3 rings (SSSR count). The van der Waals surface area contributed by atoms with Gasteiger partial charge >= 0.3 is 0 Å². The third kappa shape index (κ3) is 3.27. The minimum atomic E-state index is -0.322. The second-order valence-electron chi connectivity index (χ2n) is 5.29. The van der Waals surface area contributed by atoms with Crippen LogP contribution >= 0.6 is 11.6 Å². The summed E-state index contributed by atoms with van der Waals surface area (Å²) in [5.74, 6) is 0.0748. The minimum Gasteiger partial charge on any atom is -0.443 e. The van der Waals surface area contributed by atoms with Crippen molar-refractivity contribution in [2.45, 2.75) is 13.8 Å². The van der Waals surface area contributed by atoms with Crippen LogP contribution in [-0.2, 0) is 0 Å². The van der Waals surface area contributed by atoms with Gasteiger partial charge < -0.3 is 9.73 Å². The summed E-state index contributed by atoms with van der Waals surface area (Å²) in [7, 11) is 0. The van der Waals surface area contributed by atoms with Crippen molar-refractivity contribution >= 4 is 23.2 Å². The molecule has 5 heteroatoms. The number of aromatic nitrogens is 1. The van der Waals surface area contributed by atoms with E-state index in [9.17, 15) is 4.79 Å². The molecule has 1 heterocycles. The Labute approximate surface area is 139 Å². The first-order valence-corrected chi connectivity index (χ1v) is 7.50. The van der Waals surface area contributed by atoms with E-state index in [2.05, 4.69) is 10.3 Å². The van der Waals surface area contributed by atoms with Gasteiger partial charge in [-0.05, 0) is 49.2 Å². The number of hydrogen-bond donors (Lipinski definition) is 1. The van der Waals surface area contributed by atoms with Crippen LogP contribution in [0.5, 0.6) is 0 Å². The topological polar surface area (TPSA) is 55.1 Å². The maximum Gasteiger partial charge on any atom is 0.278 e. The van der Waals surface area contributed by atoms with E-state index < -0.39 is 0 Å². The van der Waals surface area contributed by atoms with E-state index in [4.69, 9.17) is 16.0 Å². The van der Waals surface area contributed by atoms with Crippen LogP contribution in [0.4, 0.5) is 5.69 Å². The fourth-order valence-electron chi connectivity index (χ4n) is 2.25. The zero-order valence-electron chi connectivity index (χ0n) is 12.8. The molecule has 23 heavy (non-hydrogen) atoms. The number of anilines is 1. The van der Waals surface area contributed by atoms with Gasteiger partial charge in [0.25, 0.3) is 5.91 Å². The van der Waals surface area contributed by atoms with E-state index in [-0.39, 0.29) is 11.6 Å². The highest BCUT2D eigenvalue weighted by molar-refractivity contribution is 6.30. The number of carbonyl (C=O) groups is 1. The highest BCUT2D eigenvalue weighted by Crippen LogP contribution is 2.26. The summed E-state index contributed by atoms with van der Waals surface area (Å²) < 4.78 is 5.38. The van der Waals surface area contributed by atoms with E-state index in [1.807, 2.05) is 38.1 Å². The van der Waals surface area contributed by atoms with E-state index in [0.29, 0.717) is 16.3 Å². The molecule has 0 atom stereocenters. The number of carbonyl (C=O) groups excluding carboxylic acids is 1. The fraction of sp³-hybridized carbons (Fsp3) is 0.111. The van der Waals surface area contributed by atoms with Crippen molar-refractivity contribution < 1.29 is 9.21 Å². The van der Waals surface area contributed by atoms with E-state index in [1.165, 1.54) is 12.0 Å². The Bertz CT molecular complexity index is 871. The van der Waals surface area contributed by atoms with Gasteiger partial charge in [0.15, 0.2) is 17.8 Å². The molecule has 2 aromatic carbocycles. The smallest absolute Gasteiger partial charge is 0.278 e. The normalized spacial score (nSPS) is 10.6. The van der Waals surface area contributed by atoms with Gasteiger partial charge in [0.2, 0.25) is 0 Å². The van der Waals surface area contributed by atoms with E-state index >= 15 is 0 Å². The second kappa shape index (κ2) is 6.26. The number of halogens is 1. The summed E-state index contributed by atoms with van der Waals surface area (Å²) in [5, 5.41) is 3.41. The van der Waals surface area contributed by atoms with E-state index in [1.54, 1.807) is 18.2 Å². The Morgan fingerprint density at radius 3 is 2.70 bits per heavy atom. The molecule has 116 valence electrons. The quantitative estimate of drug-likeness (QED) is 0.747. The maximum atomic E-state index is 12.5. The first-order valence-electron chi connectivity index (χ1n) is 7.12. The van der Waals surface area contributed by atoms with Crippen LogP contribution in [0.1, 0.15) is 21.6 Å². The van der Waals surface area contributed by atoms with Crippen LogP contribution in [0.25, 0.3) is 11.3 Å². The van der Waals surface area contributed by atoms with Crippen molar-refractivity contribution in [3.05, 3.63) is 70.7 Å². The molecule has 0 aliphatic carbocycles. The summed E-state index contributed by atoms with van der Waals surface area (Å²) >= 11 is 5.99. The first-order chi connectivity index (χ1) is 11.0. The van der Waals surface area contributed by atoms with Crippen molar-refractivity contribution in [2.75, 3.05) is 5.32 Å². The summed E-state index contributed by atoms with van der Waals surface area (Å²) in [6.07, 6.45) is 1.26. The van der Waals surface area contributed by atoms with Gasteiger partial charge in [-0.3, -0.25) is 4.79 Å². The Morgan fingerprint density at radius 2 is 1.96 bits per heavy atom. The largest absolute Gasteiger partial charge is 0.443 e. The van der Waals surface area contributed by atoms with Crippen molar-refractivity contribution in [1.29, 1.82) is 0 Å². The van der Waals surface area contributed by atoms with Crippen LogP contribution < -0.4 is 5.32 Å². The lowest BCUT2D eigenvalue weighted by atomic mass is 10.1. The summed E-state index contributed by atoms with van der Waals surface area (Å²) in [6.45, 7) is 4.02. The summed E-state index contributed by atoms with van der Waals surface area (Å²) in [5.41, 5.74) is 3.94. The van der Waals surface area contributed by atoms with Gasteiger partial charge in [-0.1, -0.05) is 29.8 Å². The molecule has 1 amide bonds. The minimum absolute atomic E-state index is 0.227. The number of aryl methyl sites for hydroxylation is 2. The number of oxazole rings is 1. The molecule has 0 bridgehead atoms. The molecule has 1 N–H and O–H groups in total. The summed E-state index contributed by atoms with van der Waals surface area (Å²) in [4.78, 5) is 16.5. The number of rotatable bonds is 3. The molecule has 0 aliphatic rings. The highest BCUT2D eigenvalue weighted by atomic mass is 35.5. The van der Waals surface area contributed by atoms with Crippen LogP contribution in [-0.4, -0.2) is 10.9 Å². The SMILES string of the molecule is Cc1ccc(NC(=O)c2ncoc2-c2cccc(Cl)c2)cc1C. The predicted octanol–water partition coefficient (Wildman–Crippen LogP) is 4.86. The fourth-order valence-corrected chi connectivity index (χ4v) is 2.44. The van der Waals surface area contributed by atoms with Gasteiger partial charge in [-0.2, -0.15) is 0 Å². The van der Waals surface area contributed by atoms with Crippen molar-refractivity contribution in [3.63, 3.8) is 0 Å². The predicted molar refractivity (Wildman–Crippen MR) is 90.8 cm³/mol.